The van der Waals surface area contributed by atoms with Crippen LogP contribution in [0.1, 0.15) is 20.8 Å². The second kappa shape index (κ2) is 2.87. The van der Waals surface area contributed by atoms with E-state index in [1.54, 1.807) is 0 Å². The molecule has 0 amide bonds. The molecule has 0 aromatic heterocycles. The molecule has 0 atom stereocenters. The van der Waals surface area contributed by atoms with Crippen molar-refractivity contribution >= 4 is 0 Å². The molecule has 0 fully saturated rings. The van der Waals surface area contributed by atoms with Crippen LogP contribution in [0.15, 0.2) is 11.8 Å². The summed E-state index contributed by atoms with van der Waals surface area (Å²) in [6, 6.07) is 0. The van der Waals surface area contributed by atoms with Crippen molar-refractivity contribution in [3.8, 4) is 0 Å². The monoisotopic (exact) mass is 128 g/mol. The molecule has 0 aliphatic heterocycles. The maximum absolute atomic E-state index is 5.48. The number of allylic oxidation sites excluding steroid dienone is 1. The highest BCUT2D eigenvalue weighted by Crippen LogP contribution is 2.03. The van der Waals surface area contributed by atoms with Gasteiger partial charge in [0.2, 0.25) is 0 Å². The molecular weight excluding hydrogens is 112 g/mol. The summed E-state index contributed by atoms with van der Waals surface area (Å²) in [4.78, 5) is 0. The maximum Gasteiger partial charge on any atom is 0.0323 e. The normalized spacial score (nSPS) is 14.0. The first-order valence-corrected chi connectivity index (χ1v) is 3.12. The van der Waals surface area contributed by atoms with Crippen LogP contribution >= 0.6 is 0 Å². The molecule has 9 heavy (non-hydrogen) atoms. The summed E-state index contributed by atoms with van der Waals surface area (Å²) in [5, 5.41) is 3.12. The van der Waals surface area contributed by atoms with Crippen molar-refractivity contribution in [3.63, 3.8) is 0 Å². The summed E-state index contributed by atoms with van der Waals surface area (Å²) in [6.07, 6.45) is 1.99. The third-order valence-electron chi connectivity index (χ3n) is 1.23. The van der Waals surface area contributed by atoms with E-state index in [1.165, 1.54) is 0 Å². The molecule has 0 bridgehead atoms. The predicted octanol–water partition coefficient (Wildman–Crippen LogP) is 0.847. The average Bonchev–Trinajstić information content (AvgIpc) is 1.63. The molecule has 2 nitrogen and oxygen atoms in total. The summed E-state index contributed by atoms with van der Waals surface area (Å²) >= 11 is 0. The Kier molecular flexibility index (Phi) is 2.71. The van der Waals surface area contributed by atoms with Gasteiger partial charge in [0.25, 0.3) is 0 Å². The Hall–Kier alpha value is -0.500. The van der Waals surface area contributed by atoms with Crippen LogP contribution in [0.4, 0.5) is 0 Å². The van der Waals surface area contributed by atoms with Crippen molar-refractivity contribution in [2.75, 3.05) is 7.05 Å². The molecule has 0 rings (SSSR count). The standard InChI is InChI=1S/C7H16N2/c1-6(8)5-7(2,3)9-4/h5,9H,8H2,1-4H3/b6-5+. The number of hydrogen-bond donors (Lipinski definition) is 2. The molecular formula is C7H16N2. The molecule has 54 valence electrons. The van der Waals surface area contributed by atoms with Gasteiger partial charge in [-0.1, -0.05) is 0 Å². The lowest BCUT2D eigenvalue weighted by Gasteiger charge is -2.19. The Morgan fingerprint density at radius 1 is 1.56 bits per heavy atom. The van der Waals surface area contributed by atoms with Gasteiger partial charge in [-0.05, 0) is 33.9 Å². The first-order chi connectivity index (χ1) is 3.98. The second-order valence-corrected chi connectivity index (χ2v) is 2.86. The lowest BCUT2D eigenvalue weighted by atomic mass is 10.1. The number of nitrogens with one attached hydrogen (secondary N) is 1. The minimum atomic E-state index is 0.0266. The topological polar surface area (TPSA) is 38.0 Å². The molecule has 2 heteroatoms. The van der Waals surface area contributed by atoms with Crippen molar-refractivity contribution < 1.29 is 0 Å². The summed E-state index contributed by atoms with van der Waals surface area (Å²) in [7, 11) is 1.92. The van der Waals surface area contributed by atoms with E-state index in [0.29, 0.717) is 0 Å². The Balaban J connectivity index is 4.01. The molecule has 0 aliphatic carbocycles. The minimum Gasteiger partial charge on any atom is -0.402 e. The highest BCUT2D eigenvalue weighted by molar-refractivity contribution is 5.05. The Morgan fingerprint density at radius 3 is 2.11 bits per heavy atom. The van der Waals surface area contributed by atoms with Crippen LogP contribution in [0.3, 0.4) is 0 Å². The maximum atomic E-state index is 5.48. The van der Waals surface area contributed by atoms with E-state index in [2.05, 4.69) is 19.2 Å². The van der Waals surface area contributed by atoms with Crippen LogP contribution < -0.4 is 11.1 Å². The molecule has 3 N–H and O–H groups in total. The number of nitrogens with two attached hydrogens (primary N) is 1. The van der Waals surface area contributed by atoms with Crippen LogP contribution in [-0.2, 0) is 0 Å². The molecule has 0 saturated heterocycles. The molecule has 0 heterocycles. The van der Waals surface area contributed by atoms with E-state index in [4.69, 9.17) is 5.73 Å². The average molecular weight is 128 g/mol. The van der Waals surface area contributed by atoms with Gasteiger partial charge in [0, 0.05) is 11.2 Å². The van der Waals surface area contributed by atoms with Gasteiger partial charge < -0.3 is 11.1 Å². The highest BCUT2D eigenvalue weighted by atomic mass is 14.9. The van der Waals surface area contributed by atoms with Gasteiger partial charge in [0.15, 0.2) is 0 Å². The zero-order valence-corrected chi connectivity index (χ0v) is 6.65. The van der Waals surface area contributed by atoms with E-state index in [9.17, 15) is 0 Å². The smallest absolute Gasteiger partial charge is 0.0323 e. The second-order valence-electron chi connectivity index (χ2n) is 2.86. The van der Waals surface area contributed by atoms with E-state index < -0.39 is 0 Å². The fraction of sp³-hybridized carbons (Fsp3) is 0.714. The van der Waals surface area contributed by atoms with Crippen molar-refractivity contribution in [1.29, 1.82) is 0 Å². The first-order valence-electron chi connectivity index (χ1n) is 3.12. The third kappa shape index (κ3) is 4.03. The quantitative estimate of drug-likeness (QED) is 0.578. The van der Waals surface area contributed by atoms with Crippen molar-refractivity contribution in [2.45, 2.75) is 26.3 Å². The van der Waals surface area contributed by atoms with Crippen molar-refractivity contribution in [2.24, 2.45) is 5.73 Å². The number of rotatable bonds is 2. The summed E-state index contributed by atoms with van der Waals surface area (Å²) < 4.78 is 0. The molecule has 0 spiro atoms. The van der Waals surface area contributed by atoms with Gasteiger partial charge in [0.1, 0.15) is 0 Å². The van der Waals surface area contributed by atoms with Gasteiger partial charge in [-0.3, -0.25) is 0 Å². The zero-order chi connectivity index (χ0) is 7.49. The van der Waals surface area contributed by atoms with E-state index in [0.717, 1.165) is 5.70 Å². The predicted molar refractivity (Wildman–Crippen MR) is 41.1 cm³/mol. The van der Waals surface area contributed by atoms with E-state index in [-0.39, 0.29) is 5.54 Å². The molecule has 0 aromatic rings. The summed E-state index contributed by atoms with van der Waals surface area (Å²) in [6.45, 7) is 6.03. The van der Waals surface area contributed by atoms with Gasteiger partial charge in [0.05, 0.1) is 0 Å². The first kappa shape index (κ1) is 8.50. The summed E-state index contributed by atoms with van der Waals surface area (Å²) in [5.41, 5.74) is 6.36. The molecule has 0 aromatic carbocycles. The van der Waals surface area contributed by atoms with Crippen molar-refractivity contribution in [1.82, 2.24) is 5.32 Å². The van der Waals surface area contributed by atoms with Gasteiger partial charge in [-0.25, -0.2) is 0 Å². The molecule has 0 radical (unpaired) electrons. The molecule has 0 unspecified atom stereocenters. The fourth-order valence-corrected chi connectivity index (χ4v) is 0.641. The number of likely N-dealkylation sites (N-methyl/N-ethyl adjacent to an activating group) is 1. The third-order valence-corrected chi connectivity index (χ3v) is 1.23. The van der Waals surface area contributed by atoms with Crippen LogP contribution in [0.25, 0.3) is 0 Å². The van der Waals surface area contributed by atoms with Crippen LogP contribution in [0, 0.1) is 0 Å². The lowest BCUT2D eigenvalue weighted by Crippen LogP contribution is -2.34. The Bertz CT molecular complexity index is 110. The zero-order valence-electron chi connectivity index (χ0n) is 6.65. The lowest BCUT2D eigenvalue weighted by molar-refractivity contribution is 0.524. The minimum absolute atomic E-state index is 0.0266. The van der Waals surface area contributed by atoms with Gasteiger partial charge in [-0.15, -0.1) is 0 Å². The SMILES string of the molecule is CNC(C)(C)/C=C(\C)N. The number of hydrogen-bond acceptors (Lipinski definition) is 2. The van der Waals surface area contributed by atoms with Crippen LogP contribution in [0.2, 0.25) is 0 Å². The largest absolute Gasteiger partial charge is 0.402 e. The van der Waals surface area contributed by atoms with Crippen LogP contribution in [-0.4, -0.2) is 12.6 Å². The Labute approximate surface area is 57.1 Å². The van der Waals surface area contributed by atoms with E-state index >= 15 is 0 Å². The fourth-order valence-electron chi connectivity index (χ4n) is 0.641. The van der Waals surface area contributed by atoms with Gasteiger partial charge in [-0.2, -0.15) is 0 Å². The van der Waals surface area contributed by atoms with E-state index in [1.807, 2.05) is 20.0 Å². The van der Waals surface area contributed by atoms with Gasteiger partial charge >= 0.3 is 0 Å². The summed E-state index contributed by atoms with van der Waals surface area (Å²) in [5.74, 6) is 0. The molecule has 0 aliphatic rings. The van der Waals surface area contributed by atoms with Crippen molar-refractivity contribution in [3.05, 3.63) is 11.8 Å². The molecule has 0 saturated carbocycles. The van der Waals surface area contributed by atoms with Crippen LogP contribution in [0.5, 0.6) is 0 Å². The Morgan fingerprint density at radius 2 is 2.00 bits per heavy atom. The highest BCUT2D eigenvalue weighted by Gasteiger charge is 2.08.